The molecule has 1 atom stereocenters. The van der Waals surface area contributed by atoms with Crippen molar-refractivity contribution in [2.75, 3.05) is 11.5 Å². The quantitative estimate of drug-likeness (QED) is 0.755. The van der Waals surface area contributed by atoms with Crippen molar-refractivity contribution in [2.45, 2.75) is 25.8 Å². The summed E-state index contributed by atoms with van der Waals surface area (Å²) in [5, 5.41) is 4.76. The number of hydrogen-bond acceptors (Lipinski definition) is 3. The number of aromatic nitrogens is 2. The lowest BCUT2D eigenvalue weighted by Gasteiger charge is -2.23. The van der Waals surface area contributed by atoms with Gasteiger partial charge in [-0.05, 0) is 26.3 Å². The van der Waals surface area contributed by atoms with Crippen LogP contribution < -0.4 is 0 Å². The molecule has 84 valence electrons. The van der Waals surface area contributed by atoms with Gasteiger partial charge in [0.05, 0.1) is 22.7 Å². The van der Waals surface area contributed by atoms with Crippen LogP contribution in [0.25, 0.3) is 0 Å². The van der Waals surface area contributed by atoms with Gasteiger partial charge in [-0.3, -0.25) is 0 Å². The summed E-state index contributed by atoms with van der Waals surface area (Å²) in [6.45, 7) is 3.73. The molecule has 15 heavy (non-hydrogen) atoms. The van der Waals surface area contributed by atoms with Crippen molar-refractivity contribution in [3.05, 3.63) is 16.9 Å². The molecule has 1 aromatic rings. The first-order chi connectivity index (χ1) is 6.82. The molecular formula is C9H13ClN2O2S. The van der Waals surface area contributed by atoms with E-state index in [9.17, 15) is 8.42 Å². The molecule has 0 N–H and O–H groups in total. The Morgan fingerprint density at radius 2 is 2.27 bits per heavy atom. The second-order valence-corrected chi connectivity index (χ2v) is 6.93. The van der Waals surface area contributed by atoms with Gasteiger partial charge in [0.25, 0.3) is 0 Å². The molecule has 0 radical (unpaired) electrons. The van der Waals surface area contributed by atoms with Crippen molar-refractivity contribution in [1.29, 1.82) is 0 Å². The van der Waals surface area contributed by atoms with Gasteiger partial charge in [0.2, 0.25) is 0 Å². The minimum atomic E-state index is -2.93. The first kappa shape index (κ1) is 11.0. The van der Waals surface area contributed by atoms with E-state index in [0.29, 0.717) is 11.6 Å². The van der Waals surface area contributed by atoms with Gasteiger partial charge in [-0.25, -0.2) is 13.1 Å². The van der Waals surface area contributed by atoms with Crippen LogP contribution >= 0.6 is 11.6 Å². The SMILES string of the molecule is Cc1cc(Cl)n(C2(C)CCS(=O)(=O)C2)n1. The molecule has 1 aromatic heterocycles. The summed E-state index contributed by atoms with van der Waals surface area (Å²) in [4.78, 5) is 0. The van der Waals surface area contributed by atoms with Crippen LogP contribution in [0.4, 0.5) is 0 Å². The van der Waals surface area contributed by atoms with Gasteiger partial charge in [-0.15, -0.1) is 0 Å². The lowest BCUT2D eigenvalue weighted by Crippen LogP contribution is -2.32. The van der Waals surface area contributed by atoms with E-state index in [1.165, 1.54) is 0 Å². The Labute approximate surface area is 94.2 Å². The predicted octanol–water partition coefficient (Wildman–Crippen LogP) is 1.38. The molecule has 1 saturated heterocycles. The fourth-order valence-electron chi connectivity index (χ4n) is 2.01. The summed E-state index contributed by atoms with van der Waals surface area (Å²) in [6, 6.07) is 1.75. The van der Waals surface area contributed by atoms with E-state index in [2.05, 4.69) is 5.10 Å². The summed E-state index contributed by atoms with van der Waals surface area (Å²) in [7, 11) is -2.93. The zero-order chi connectivity index (χ0) is 11.3. The van der Waals surface area contributed by atoms with E-state index in [0.717, 1.165) is 5.69 Å². The van der Waals surface area contributed by atoms with Gasteiger partial charge < -0.3 is 0 Å². The number of aryl methyl sites for hydroxylation is 1. The Morgan fingerprint density at radius 3 is 2.67 bits per heavy atom. The zero-order valence-electron chi connectivity index (χ0n) is 8.70. The van der Waals surface area contributed by atoms with Crippen LogP contribution in [-0.2, 0) is 15.4 Å². The van der Waals surface area contributed by atoms with Crippen molar-refractivity contribution in [3.63, 3.8) is 0 Å². The largest absolute Gasteiger partial charge is 0.247 e. The highest BCUT2D eigenvalue weighted by Crippen LogP contribution is 2.32. The molecule has 0 spiro atoms. The van der Waals surface area contributed by atoms with Crippen LogP contribution in [0.3, 0.4) is 0 Å². The maximum Gasteiger partial charge on any atom is 0.152 e. The van der Waals surface area contributed by atoms with Crippen LogP contribution in [0.15, 0.2) is 6.07 Å². The lowest BCUT2D eigenvalue weighted by molar-refractivity contribution is 0.328. The van der Waals surface area contributed by atoms with Crippen molar-refractivity contribution < 1.29 is 8.42 Å². The topological polar surface area (TPSA) is 52.0 Å². The number of hydrogen-bond donors (Lipinski definition) is 0. The molecule has 2 heterocycles. The molecule has 0 amide bonds. The average Bonchev–Trinajstić information content (AvgIpc) is 2.54. The molecular weight excluding hydrogens is 236 g/mol. The number of halogens is 1. The standard InChI is InChI=1S/C9H13ClN2O2S/c1-7-5-8(10)12(11-7)9(2)3-4-15(13,14)6-9/h5H,3-4,6H2,1-2H3. The normalized spacial score (nSPS) is 29.5. The maximum absolute atomic E-state index is 11.5. The van der Waals surface area contributed by atoms with Gasteiger partial charge >= 0.3 is 0 Å². The third-order valence-corrected chi connectivity index (χ3v) is 4.94. The first-order valence-electron chi connectivity index (χ1n) is 4.75. The fraction of sp³-hybridized carbons (Fsp3) is 0.667. The summed E-state index contributed by atoms with van der Waals surface area (Å²) < 4.78 is 24.5. The summed E-state index contributed by atoms with van der Waals surface area (Å²) in [5.74, 6) is 0.347. The molecule has 1 unspecified atom stereocenters. The van der Waals surface area contributed by atoms with Crippen molar-refractivity contribution in [3.8, 4) is 0 Å². The van der Waals surface area contributed by atoms with E-state index in [1.807, 2.05) is 13.8 Å². The van der Waals surface area contributed by atoms with E-state index in [-0.39, 0.29) is 11.5 Å². The highest BCUT2D eigenvalue weighted by molar-refractivity contribution is 7.91. The van der Waals surface area contributed by atoms with E-state index < -0.39 is 15.4 Å². The molecule has 1 aliphatic rings. The molecule has 6 heteroatoms. The summed E-state index contributed by atoms with van der Waals surface area (Å²) in [6.07, 6.45) is 0.580. The fourth-order valence-corrected chi connectivity index (χ4v) is 4.52. The molecule has 0 saturated carbocycles. The van der Waals surface area contributed by atoms with Crippen LogP contribution in [0.5, 0.6) is 0 Å². The average molecular weight is 249 g/mol. The van der Waals surface area contributed by atoms with Crippen LogP contribution in [-0.4, -0.2) is 29.7 Å². The molecule has 0 bridgehead atoms. The Hall–Kier alpha value is -0.550. The second-order valence-electron chi connectivity index (χ2n) is 4.36. The molecule has 4 nitrogen and oxygen atoms in total. The van der Waals surface area contributed by atoms with Crippen molar-refractivity contribution >= 4 is 21.4 Å². The van der Waals surface area contributed by atoms with Gasteiger partial charge in [0, 0.05) is 0 Å². The number of sulfone groups is 1. The van der Waals surface area contributed by atoms with Crippen LogP contribution in [0, 0.1) is 6.92 Å². The highest BCUT2D eigenvalue weighted by Gasteiger charge is 2.41. The molecule has 1 fully saturated rings. The number of nitrogens with zero attached hydrogens (tertiary/aromatic N) is 2. The minimum Gasteiger partial charge on any atom is -0.247 e. The Morgan fingerprint density at radius 1 is 1.60 bits per heavy atom. The monoisotopic (exact) mass is 248 g/mol. The van der Waals surface area contributed by atoms with E-state index in [1.54, 1.807) is 10.7 Å². The van der Waals surface area contributed by atoms with Crippen LogP contribution in [0.2, 0.25) is 5.15 Å². The van der Waals surface area contributed by atoms with Gasteiger partial charge in [-0.1, -0.05) is 11.6 Å². The molecule has 1 aliphatic heterocycles. The lowest BCUT2D eigenvalue weighted by atomic mass is 10.0. The second kappa shape index (κ2) is 3.22. The van der Waals surface area contributed by atoms with Crippen LogP contribution in [0.1, 0.15) is 19.0 Å². The first-order valence-corrected chi connectivity index (χ1v) is 6.95. The molecule has 2 rings (SSSR count). The Bertz CT molecular complexity index is 494. The Balaban J connectivity index is 2.44. The van der Waals surface area contributed by atoms with E-state index in [4.69, 9.17) is 11.6 Å². The maximum atomic E-state index is 11.5. The summed E-state index contributed by atoms with van der Waals surface area (Å²) >= 11 is 6.01. The van der Waals surface area contributed by atoms with Gasteiger partial charge in [-0.2, -0.15) is 5.10 Å². The summed E-state index contributed by atoms with van der Waals surface area (Å²) in [5.41, 5.74) is 0.329. The van der Waals surface area contributed by atoms with Gasteiger partial charge in [0.1, 0.15) is 5.15 Å². The molecule has 0 aromatic carbocycles. The van der Waals surface area contributed by atoms with E-state index >= 15 is 0 Å². The third kappa shape index (κ3) is 1.90. The van der Waals surface area contributed by atoms with Crippen molar-refractivity contribution in [1.82, 2.24) is 9.78 Å². The van der Waals surface area contributed by atoms with Gasteiger partial charge in [0.15, 0.2) is 9.84 Å². The minimum absolute atomic E-state index is 0.126. The predicted molar refractivity (Wildman–Crippen MR) is 58.9 cm³/mol. The highest BCUT2D eigenvalue weighted by atomic mass is 35.5. The van der Waals surface area contributed by atoms with Crippen molar-refractivity contribution in [2.24, 2.45) is 0 Å². The smallest absolute Gasteiger partial charge is 0.152 e. The molecule has 0 aliphatic carbocycles. The number of rotatable bonds is 1. The Kier molecular flexibility index (Phi) is 2.35. The third-order valence-electron chi connectivity index (χ3n) is 2.78. The zero-order valence-corrected chi connectivity index (χ0v) is 10.3.